The molecule has 1 amide bonds. The van der Waals surface area contributed by atoms with E-state index in [0.717, 1.165) is 38.5 Å². The minimum Gasteiger partial charge on any atom is -0.481 e. The van der Waals surface area contributed by atoms with Crippen LogP contribution >= 0.6 is 0 Å². The molecule has 0 radical (unpaired) electrons. The number of rotatable bonds is 6. The summed E-state index contributed by atoms with van der Waals surface area (Å²) >= 11 is 0. The van der Waals surface area contributed by atoms with Gasteiger partial charge in [-0.2, -0.15) is 0 Å². The normalized spacial score (nSPS) is 19.7. The molecule has 0 aromatic heterocycles. The number of carbonyl (C=O) groups excluding carboxylic acids is 1. The number of carbonyl (C=O) groups is 2. The highest BCUT2D eigenvalue weighted by atomic mass is 16.4. The number of hydrogen-bond acceptors (Lipinski definition) is 3. The zero-order valence-electron chi connectivity index (χ0n) is 12.0. The van der Waals surface area contributed by atoms with Crippen LogP contribution in [0, 0.1) is 0 Å². The van der Waals surface area contributed by atoms with Gasteiger partial charge in [-0.05, 0) is 19.3 Å². The van der Waals surface area contributed by atoms with Crippen molar-refractivity contribution < 1.29 is 14.7 Å². The van der Waals surface area contributed by atoms with Crippen molar-refractivity contribution in [3.63, 3.8) is 0 Å². The summed E-state index contributed by atoms with van der Waals surface area (Å²) in [5.41, 5.74) is 5.35. The van der Waals surface area contributed by atoms with Gasteiger partial charge >= 0.3 is 5.97 Å². The topological polar surface area (TPSA) is 83.6 Å². The van der Waals surface area contributed by atoms with Gasteiger partial charge in [0.25, 0.3) is 0 Å². The van der Waals surface area contributed by atoms with Gasteiger partial charge in [0.1, 0.15) is 0 Å². The molecule has 1 aliphatic carbocycles. The molecule has 0 aliphatic heterocycles. The van der Waals surface area contributed by atoms with Crippen LogP contribution in [-0.2, 0) is 9.59 Å². The molecule has 0 bridgehead atoms. The summed E-state index contributed by atoms with van der Waals surface area (Å²) in [4.78, 5) is 25.1. The van der Waals surface area contributed by atoms with E-state index in [1.807, 2.05) is 6.92 Å². The van der Waals surface area contributed by atoms with E-state index in [1.165, 1.54) is 0 Å². The van der Waals surface area contributed by atoms with Gasteiger partial charge in [0.15, 0.2) is 0 Å². The molecule has 0 spiro atoms. The maximum Gasteiger partial charge on any atom is 0.305 e. The fourth-order valence-corrected chi connectivity index (χ4v) is 3.04. The molecule has 19 heavy (non-hydrogen) atoms. The van der Waals surface area contributed by atoms with Gasteiger partial charge in [0.05, 0.1) is 18.0 Å². The van der Waals surface area contributed by atoms with Crippen molar-refractivity contribution in [1.82, 2.24) is 4.90 Å². The second-order valence-corrected chi connectivity index (χ2v) is 5.65. The van der Waals surface area contributed by atoms with E-state index in [9.17, 15) is 9.59 Å². The summed E-state index contributed by atoms with van der Waals surface area (Å²) in [7, 11) is 1.71. The number of carboxylic acid groups (broad SMARTS) is 1. The molecule has 1 atom stereocenters. The second kappa shape index (κ2) is 6.89. The number of nitrogens with two attached hydrogens (primary N) is 1. The number of amides is 1. The van der Waals surface area contributed by atoms with Crippen molar-refractivity contribution in [2.24, 2.45) is 5.73 Å². The Bertz CT molecular complexity index is 325. The Morgan fingerprint density at radius 1 is 1.32 bits per heavy atom. The largest absolute Gasteiger partial charge is 0.481 e. The van der Waals surface area contributed by atoms with E-state index in [0.29, 0.717) is 6.42 Å². The predicted octanol–water partition coefficient (Wildman–Crippen LogP) is 1.75. The summed E-state index contributed by atoms with van der Waals surface area (Å²) in [6, 6.07) is -0.511. The third-order valence-corrected chi connectivity index (χ3v) is 4.22. The van der Waals surface area contributed by atoms with Crippen molar-refractivity contribution in [2.45, 2.75) is 69.9 Å². The smallest absolute Gasteiger partial charge is 0.305 e. The van der Waals surface area contributed by atoms with Gasteiger partial charge in [-0.1, -0.05) is 32.6 Å². The van der Waals surface area contributed by atoms with Gasteiger partial charge < -0.3 is 15.7 Å². The number of likely N-dealkylation sites (N-methyl/N-ethyl adjacent to an activating group) is 1. The average Bonchev–Trinajstić information content (AvgIpc) is 2.37. The first-order valence-electron chi connectivity index (χ1n) is 7.18. The SMILES string of the molecule is CCC[C@H](N)C(=O)N(C)C1(CC(=O)O)CCCCC1. The third kappa shape index (κ3) is 3.93. The van der Waals surface area contributed by atoms with Crippen LogP contribution in [0.2, 0.25) is 0 Å². The molecule has 0 saturated heterocycles. The minimum absolute atomic E-state index is 0.0219. The number of aliphatic carboxylic acids is 1. The lowest BCUT2D eigenvalue weighted by molar-refractivity contribution is -0.146. The Hall–Kier alpha value is -1.10. The highest BCUT2D eigenvalue weighted by molar-refractivity contribution is 5.83. The van der Waals surface area contributed by atoms with Crippen LogP contribution in [0.1, 0.15) is 58.3 Å². The molecule has 5 heteroatoms. The lowest BCUT2D eigenvalue weighted by atomic mass is 9.77. The van der Waals surface area contributed by atoms with Crippen molar-refractivity contribution >= 4 is 11.9 Å². The Morgan fingerprint density at radius 3 is 2.37 bits per heavy atom. The molecule has 0 unspecified atom stereocenters. The Morgan fingerprint density at radius 2 is 1.89 bits per heavy atom. The summed E-state index contributed by atoms with van der Waals surface area (Å²) in [5, 5.41) is 9.13. The first kappa shape index (κ1) is 16.0. The van der Waals surface area contributed by atoms with Gasteiger partial charge in [0.2, 0.25) is 5.91 Å². The van der Waals surface area contributed by atoms with Crippen LogP contribution in [-0.4, -0.2) is 40.5 Å². The minimum atomic E-state index is -0.842. The van der Waals surface area contributed by atoms with E-state index >= 15 is 0 Å². The monoisotopic (exact) mass is 270 g/mol. The standard InChI is InChI=1S/C14H26N2O3/c1-3-7-11(15)13(19)16(2)14(10-12(17)18)8-5-4-6-9-14/h11H,3-10,15H2,1-2H3,(H,17,18)/t11-/m0/s1. The molecular formula is C14H26N2O3. The third-order valence-electron chi connectivity index (χ3n) is 4.22. The molecule has 1 fully saturated rings. The summed E-state index contributed by atoms with van der Waals surface area (Å²) in [6.07, 6.45) is 6.13. The first-order valence-corrected chi connectivity index (χ1v) is 7.18. The Balaban J connectivity index is 2.84. The molecule has 0 aromatic rings. The Kier molecular flexibility index (Phi) is 5.79. The molecule has 1 aliphatic rings. The lowest BCUT2D eigenvalue weighted by Crippen LogP contribution is -2.56. The maximum atomic E-state index is 12.3. The second-order valence-electron chi connectivity index (χ2n) is 5.65. The van der Waals surface area contributed by atoms with E-state index < -0.39 is 17.6 Å². The molecule has 110 valence electrons. The van der Waals surface area contributed by atoms with Gasteiger partial charge in [-0.3, -0.25) is 9.59 Å². The van der Waals surface area contributed by atoms with Crippen molar-refractivity contribution in [1.29, 1.82) is 0 Å². The van der Waals surface area contributed by atoms with Crippen molar-refractivity contribution in [3.8, 4) is 0 Å². The van der Waals surface area contributed by atoms with Gasteiger partial charge in [-0.25, -0.2) is 0 Å². The van der Waals surface area contributed by atoms with Crippen molar-refractivity contribution in [3.05, 3.63) is 0 Å². The zero-order chi connectivity index (χ0) is 14.5. The van der Waals surface area contributed by atoms with E-state index in [1.54, 1.807) is 11.9 Å². The van der Waals surface area contributed by atoms with Crippen LogP contribution in [0.25, 0.3) is 0 Å². The molecule has 0 heterocycles. The summed E-state index contributed by atoms with van der Waals surface area (Å²) < 4.78 is 0. The van der Waals surface area contributed by atoms with Crippen molar-refractivity contribution in [2.75, 3.05) is 7.05 Å². The van der Waals surface area contributed by atoms with Crippen LogP contribution in [0.3, 0.4) is 0 Å². The quantitative estimate of drug-likeness (QED) is 0.770. The molecule has 1 rings (SSSR count). The highest BCUT2D eigenvalue weighted by Gasteiger charge is 2.41. The van der Waals surface area contributed by atoms with Crippen LogP contribution in [0.15, 0.2) is 0 Å². The number of hydrogen-bond donors (Lipinski definition) is 2. The van der Waals surface area contributed by atoms with E-state index in [2.05, 4.69) is 0 Å². The summed E-state index contributed by atoms with van der Waals surface area (Å²) in [6.45, 7) is 1.99. The number of carboxylic acids is 1. The average molecular weight is 270 g/mol. The molecule has 0 aromatic carbocycles. The molecule has 5 nitrogen and oxygen atoms in total. The molecule has 1 saturated carbocycles. The fourth-order valence-electron chi connectivity index (χ4n) is 3.04. The fraction of sp³-hybridized carbons (Fsp3) is 0.857. The van der Waals surface area contributed by atoms with Crippen LogP contribution in [0.4, 0.5) is 0 Å². The molecule has 3 N–H and O–H groups in total. The zero-order valence-corrected chi connectivity index (χ0v) is 12.0. The lowest BCUT2D eigenvalue weighted by Gasteiger charge is -2.44. The van der Waals surface area contributed by atoms with Crippen LogP contribution in [0.5, 0.6) is 0 Å². The molecular weight excluding hydrogens is 244 g/mol. The first-order chi connectivity index (χ1) is 8.93. The maximum absolute atomic E-state index is 12.3. The van der Waals surface area contributed by atoms with Gasteiger partial charge in [-0.15, -0.1) is 0 Å². The van der Waals surface area contributed by atoms with Crippen LogP contribution < -0.4 is 5.73 Å². The highest BCUT2D eigenvalue weighted by Crippen LogP contribution is 2.36. The summed E-state index contributed by atoms with van der Waals surface area (Å²) in [5.74, 6) is -0.962. The van der Waals surface area contributed by atoms with E-state index in [4.69, 9.17) is 10.8 Å². The Labute approximate surface area is 115 Å². The van der Waals surface area contributed by atoms with E-state index in [-0.39, 0.29) is 12.3 Å². The predicted molar refractivity (Wildman–Crippen MR) is 73.7 cm³/mol. The van der Waals surface area contributed by atoms with Gasteiger partial charge in [0, 0.05) is 7.05 Å². The number of nitrogens with zero attached hydrogens (tertiary/aromatic N) is 1.